The van der Waals surface area contributed by atoms with E-state index in [-0.39, 0.29) is 11.9 Å². The highest BCUT2D eigenvalue weighted by Crippen LogP contribution is 2.18. The van der Waals surface area contributed by atoms with Crippen LogP contribution in [-0.2, 0) is 6.54 Å². The van der Waals surface area contributed by atoms with Gasteiger partial charge in [-0.05, 0) is 17.7 Å². The van der Waals surface area contributed by atoms with Crippen molar-refractivity contribution < 1.29 is 9.59 Å². The molecule has 0 unspecified atom stereocenters. The van der Waals surface area contributed by atoms with Gasteiger partial charge in [-0.1, -0.05) is 19.1 Å². The molecular formula is C16H20N4O2S. The topological polar surface area (TPSA) is 88.3 Å². The summed E-state index contributed by atoms with van der Waals surface area (Å²) in [6.45, 7) is 2.97. The molecule has 1 heterocycles. The van der Waals surface area contributed by atoms with Crippen molar-refractivity contribution in [2.24, 2.45) is 5.73 Å². The number of nitrogens with two attached hydrogens (primary N) is 1. The molecule has 7 heteroatoms. The minimum atomic E-state index is -0.479. The predicted octanol–water partition coefficient (Wildman–Crippen LogP) is 2.19. The number of hydrogen-bond acceptors (Lipinski definition) is 4. The van der Waals surface area contributed by atoms with Gasteiger partial charge in [0.05, 0.1) is 5.01 Å². The Labute approximate surface area is 139 Å². The van der Waals surface area contributed by atoms with Gasteiger partial charge in [-0.15, -0.1) is 11.3 Å². The molecule has 23 heavy (non-hydrogen) atoms. The molecule has 0 fully saturated rings. The molecule has 122 valence electrons. The third-order valence-corrected chi connectivity index (χ3v) is 4.43. The van der Waals surface area contributed by atoms with Crippen LogP contribution >= 0.6 is 11.3 Å². The fourth-order valence-corrected chi connectivity index (χ4v) is 2.89. The summed E-state index contributed by atoms with van der Waals surface area (Å²) in [5, 5.41) is 5.77. The van der Waals surface area contributed by atoms with Gasteiger partial charge in [0.15, 0.2) is 0 Å². The minimum Gasteiger partial charge on any atom is -0.366 e. The van der Waals surface area contributed by atoms with E-state index in [1.54, 1.807) is 47.7 Å². The molecule has 1 atom stereocenters. The Bertz CT molecular complexity index is 672. The summed E-state index contributed by atoms with van der Waals surface area (Å²) in [7, 11) is 1.75. The monoisotopic (exact) mass is 332 g/mol. The van der Waals surface area contributed by atoms with Crippen molar-refractivity contribution >= 4 is 23.3 Å². The van der Waals surface area contributed by atoms with Crippen LogP contribution in [0.2, 0.25) is 0 Å². The number of amides is 3. The van der Waals surface area contributed by atoms with E-state index < -0.39 is 5.91 Å². The molecule has 0 saturated carbocycles. The summed E-state index contributed by atoms with van der Waals surface area (Å²) in [6.07, 6.45) is 1.77. The Balaban J connectivity index is 1.86. The fourth-order valence-electron chi connectivity index (χ4n) is 2.20. The molecule has 0 spiro atoms. The Morgan fingerprint density at radius 3 is 2.87 bits per heavy atom. The van der Waals surface area contributed by atoms with Crippen LogP contribution in [0.1, 0.15) is 33.8 Å². The second-order valence-corrected chi connectivity index (χ2v) is 6.30. The molecule has 0 bridgehead atoms. The normalized spacial score (nSPS) is 11.7. The van der Waals surface area contributed by atoms with Gasteiger partial charge < -0.3 is 16.0 Å². The maximum atomic E-state index is 12.1. The first-order chi connectivity index (χ1) is 11.0. The molecule has 3 N–H and O–H groups in total. The first-order valence-corrected chi connectivity index (χ1v) is 8.12. The molecule has 0 aliphatic rings. The molecular weight excluding hydrogens is 312 g/mol. The molecule has 2 rings (SSSR count). The van der Waals surface area contributed by atoms with Gasteiger partial charge in [0.2, 0.25) is 5.91 Å². The summed E-state index contributed by atoms with van der Waals surface area (Å²) in [6, 6.07) is 6.75. The summed E-state index contributed by atoms with van der Waals surface area (Å²) < 4.78 is 0. The smallest absolute Gasteiger partial charge is 0.317 e. The third kappa shape index (κ3) is 4.79. The number of benzene rings is 1. The van der Waals surface area contributed by atoms with Crippen LogP contribution in [0.3, 0.4) is 0 Å². The highest BCUT2D eigenvalue weighted by molar-refractivity contribution is 7.09. The van der Waals surface area contributed by atoms with E-state index in [4.69, 9.17) is 5.73 Å². The highest BCUT2D eigenvalue weighted by Gasteiger charge is 2.15. The Morgan fingerprint density at radius 1 is 1.43 bits per heavy atom. The average Bonchev–Trinajstić information content (AvgIpc) is 3.07. The highest BCUT2D eigenvalue weighted by atomic mass is 32.1. The van der Waals surface area contributed by atoms with Crippen LogP contribution in [0.4, 0.5) is 4.79 Å². The van der Waals surface area contributed by atoms with Crippen LogP contribution in [0, 0.1) is 0 Å². The zero-order chi connectivity index (χ0) is 16.8. The van der Waals surface area contributed by atoms with Crippen LogP contribution in [0.5, 0.6) is 0 Å². The molecule has 1 aromatic carbocycles. The van der Waals surface area contributed by atoms with E-state index in [1.165, 1.54) is 0 Å². The van der Waals surface area contributed by atoms with Crippen molar-refractivity contribution in [1.29, 1.82) is 0 Å². The Morgan fingerprint density at radius 2 is 2.22 bits per heavy atom. The number of nitrogens with zero attached hydrogens (tertiary/aromatic N) is 2. The number of nitrogens with one attached hydrogen (secondary N) is 1. The molecule has 2 aromatic rings. The van der Waals surface area contributed by atoms with Gasteiger partial charge >= 0.3 is 6.03 Å². The number of likely N-dealkylation sites (N-methyl/N-ethyl adjacent to an activating group) is 1. The molecule has 0 saturated heterocycles. The summed E-state index contributed by atoms with van der Waals surface area (Å²) in [4.78, 5) is 29.2. The lowest BCUT2D eigenvalue weighted by atomic mass is 10.1. The van der Waals surface area contributed by atoms with Crippen LogP contribution in [0.25, 0.3) is 0 Å². The first kappa shape index (κ1) is 17.0. The zero-order valence-electron chi connectivity index (χ0n) is 13.2. The number of primary amides is 1. The Hall–Kier alpha value is -2.41. The van der Waals surface area contributed by atoms with Crippen molar-refractivity contribution in [3.8, 4) is 0 Å². The molecule has 3 amide bonds. The number of thiazole rings is 1. The lowest BCUT2D eigenvalue weighted by molar-refractivity contribution is 0.1000. The van der Waals surface area contributed by atoms with E-state index in [9.17, 15) is 9.59 Å². The van der Waals surface area contributed by atoms with Crippen molar-refractivity contribution in [3.63, 3.8) is 0 Å². The molecule has 0 aliphatic carbocycles. The Kier molecular flexibility index (Phi) is 5.70. The van der Waals surface area contributed by atoms with Gasteiger partial charge in [-0.3, -0.25) is 4.79 Å². The van der Waals surface area contributed by atoms with Gasteiger partial charge in [-0.25, -0.2) is 9.78 Å². The zero-order valence-corrected chi connectivity index (χ0v) is 14.0. The second kappa shape index (κ2) is 7.73. The number of aromatic nitrogens is 1. The summed E-state index contributed by atoms with van der Waals surface area (Å²) >= 11 is 1.59. The third-order valence-electron chi connectivity index (χ3n) is 3.42. The quantitative estimate of drug-likeness (QED) is 0.850. The number of carbonyl (C=O) groups excluding carboxylic acids is 2. The van der Waals surface area contributed by atoms with E-state index in [0.717, 1.165) is 10.6 Å². The number of hydrogen-bond donors (Lipinski definition) is 2. The SMILES string of the molecule is C[C@@H](CN(C)C(=O)NCc1cccc(C(N)=O)c1)c1nccs1. The van der Waals surface area contributed by atoms with Crippen LogP contribution in [-0.4, -0.2) is 35.4 Å². The lowest BCUT2D eigenvalue weighted by Crippen LogP contribution is -2.38. The van der Waals surface area contributed by atoms with Crippen LogP contribution < -0.4 is 11.1 Å². The van der Waals surface area contributed by atoms with Gasteiger partial charge in [0.25, 0.3) is 0 Å². The number of carbonyl (C=O) groups is 2. The predicted molar refractivity (Wildman–Crippen MR) is 90.4 cm³/mol. The van der Waals surface area contributed by atoms with Gasteiger partial charge in [-0.2, -0.15) is 0 Å². The van der Waals surface area contributed by atoms with Crippen molar-refractivity contribution in [1.82, 2.24) is 15.2 Å². The van der Waals surface area contributed by atoms with E-state index >= 15 is 0 Å². The van der Waals surface area contributed by atoms with Crippen LogP contribution in [0.15, 0.2) is 35.8 Å². The second-order valence-electron chi connectivity index (χ2n) is 5.38. The largest absolute Gasteiger partial charge is 0.366 e. The van der Waals surface area contributed by atoms with Crippen molar-refractivity contribution in [2.45, 2.75) is 19.4 Å². The van der Waals surface area contributed by atoms with Gasteiger partial charge in [0.1, 0.15) is 0 Å². The summed E-state index contributed by atoms with van der Waals surface area (Å²) in [5.41, 5.74) is 6.51. The molecule has 0 radical (unpaired) electrons. The maximum Gasteiger partial charge on any atom is 0.317 e. The van der Waals surface area contributed by atoms with E-state index in [0.29, 0.717) is 18.7 Å². The fraction of sp³-hybridized carbons (Fsp3) is 0.312. The molecule has 6 nitrogen and oxygen atoms in total. The number of urea groups is 1. The van der Waals surface area contributed by atoms with Gasteiger partial charge in [0, 0.05) is 43.2 Å². The summed E-state index contributed by atoms with van der Waals surface area (Å²) in [5.74, 6) is -0.295. The van der Waals surface area contributed by atoms with E-state index in [1.807, 2.05) is 18.4 Å². The lowest BCUT2D eigenvalue weighted by Gasteiger charge is -2.21. The average molecular weight is 332 g/mol. The molecule has 0 aliphatic heterocycles. The standard InChI is InChI=1S/C16H20N4O2S/c1-11(15-18-6-7-23-15)10-20(2)16(22)19-9-12-4-3-5-13(8-12)14(17)21/h3-8,11H,9-10H2,1-2H3,(H2,17,21)(H,19,22)/t11-/m0/s1. The number of rotatable bonds is 6. The minimum absolute atomic E-state index is 0.169. The molecule has 1 aromatic heterocycles. The van der Waals surface area contributed by atoms with E-state index in [2.05, 4.69) is 10.3 Å². The maximum absolute atomic E-state index is 12.1. The first-order valence-electron chi connectivity index (χ1n) is 7.24. The van der Waals surface area contributed by atoms with Crippen molar-refractivity contribution in [3.05, 3.63) is 52.0 Å². The van der Waals surface area contributed by atoms with Crippen molar-refractivity contribution in [2.75, 3.05) is 13.6 Å².